The summed E-state index contributed by atoms with van der Waals surface area (Å²) in [6, 6.07) is 21.8. The predicted molar refractivity (Wildman–Crippen MR) is 143 cm³/mol. The zero-order valence-corrected chi connectivity index (χ0v) is 21.5. The molecule has 3 N–H and O–H groups in total. The van der Waals surface area contributed by atoms with E-state index in [1.54, 1.807) is 0 Å². The van der Waals surface area contributed by atoms with Gasteiger partial charge in [0.1, 0.15) is 18.4 Å². The van der Waals surface area contributed by atoms with Gasteiger partial charge >= 0.3 is 12.2 Å². The number of urea groups is 1. The molecular formula is C29H29F3N4O4. The second-order valence-corrected chi connectivity index (χ2v) is 9.27. The number of piperidine rings is 1. The zero-order chi connectivity index (χ0) is 28.5. The number of hydrogen-bond acceptors (Lipinski definition) is 4. The fourth-order valence-electron chi connectivity index (χ4n) is 4.21. The van der Waals surface area contributed by atoms with Crippen LogP contribution in [-0.2, 0) is 6.54 Å². The Labute approximate surface area is 229 Å². The molecule has 8 nitrogen and oxygen atoms in total. The van der Waals surface area contributed by atoms with Gasteiger partial charge in [-0.25, -0.2) is 4.79 Å². The maximum Gasteiger partial charge on any atom is 0.405 e. The first kappa shape index (κ1) is 28.5. The Morgan fingerprint density at radius 1 is 0.850 bits per heavy atom. The van der Waals surface area contributed by atoms with Crippen LogP contribution in [0, 0.1) is 0 Å². The summed E-state index contributed by atoms with van der Waals surface area (Å²) in [7, 11) is 0. The molecular weight excluding hydrogens is 525 g/mol. The molecule has 0 spiro atoms. The Balaban J connectivity index is 1.44. The fraction of sp³-hybridized carbons (Fsp3) is 0.276. The third kappa shape index (κ3) is 8.23. The van der Waals surface area contributed by atoms with Crippen LogP contribution in [0.2, 0.25) is 0 Å². The van der Waals surface area contributed by atoms with Crippen molar-refractivity contribution in [2.75, 3.05) is 25.0 Å². The quantitative estimate of drug-likeness (QED) is 0.366. The van der Waals surface area contributed by atoms with Crippen molar-refractivity contribution in [3.63, 3.8) is 0 Å². The summed E-state index contributed by atoms with van der Waals surface area (Å²) in [4.78, 5) is 40.0. The lowest BCUT2D eigenvalue weighted by Crippen LogP contribution is -2.44. The van der Waals surface area contributed by atoms with E-state index in [0.717, 1.165) is 11.3 Å². The van der Waals surface area contributed by atoms with Crippen LogP contribution in [0.25, 0.3) is 0 Å². The summed E-state index contributed by atoms with van der Waals surface area (Å²) >= 11 is 0. The normalized spacial score (nSPS) is 13.8. The Morgan fingerprint density at radius 2 is 1.50 bits per heavy atom. The van der Waals surface area contributed by atoms with Crippen molar-refractivity contribution in [1.29, 1.82) is 0 Å². The number of amides is 4. The second kappa shape index (κ2) is 13.0. The molecule has 0 bridgehead atoms. The van der Waals surface area contributed by atoms with E-state index in [-0.39, 0.29) is 29.5 Å². The number of anilines is 1. The van der Waals surface area contributed by atoms with Gasteiger partial charge in [-0.15, -0.1) is 0 Å². The standard InChI is InChI=1S/C29H29F3N4O4/c30-29(31,32)19-34-27(38)24-12-11-21(26(37)33-18-20-7-3-1-4-8-20)17-25(24)35-28(39)36-15-13-23(14-16-36)40-22-9-5-2-6-10-22/h1-12,17,23H,13-16,18-19H2,(H,33,37)(H,34,38)(H,35,39). The smallest absolute Gasteiger partial charge is 0.405 e. The van der Waals surface area contributed by atoms with Crippen LogP contribution in [0.1, 0.15) is 39.1 Å². The first-order valence-electron chi connectivity index (χ1n) is 12.8. The molecule has 11 heteroatoms. The van der Waals surface area contributed by atoms with E-state index in [1.165, 1.54) is 23.1 Å². The molecule has 210 valence electrons. The molecule has 4 rings (SSSR count). The zero-order valence-electron chi connectivity index (χ0n) is 21.5. The largest absolute Gasteiger partial charge is 0.490 e. The number of ether oxygens (including phenoxy) is 1. The number of rotatable bonds is 8. The molecule has 40 heavy (non-hydrogen) atoms. The summed E-state index contributed by atoms with van der Waals surface area (Å²) in [6.07, 6.45) is -3.54. The minimum absolute atomic E-state index is 0.0697. The molecule has 0 saturated carbocycles. The van der Waals surface area contributed by atoms with Crippen LogP contribution in [0.3, 0.4) is 0 Å². The van der Waals surface area contributed by atoms with Gasteiger partial charge in [-0.2, -0.15) is 13.2 Å². The number of carbonyl (C=O) groups is 3. The van der Waals surface area contributed by atoms with Gasteiger partial charge < -0.3 is 25.6 Å². The third-order valence-corrected chi connectivity index (χ3v) is 6.29. The number of halogens is 3. The summed E-state index contributed by atoms with van der Waals surface area (Å²) < 4.78 is 44.0. The molecule has 4 amide bonds. The molecule has 3 aromatic carbocycles. The van der Waals surface area contributed by atoms with Crippen LogP contribution in [0.5, 0.6) is 5.75 Å². The Morgan fingerprint density at radius 3 is 2.15 bits per heavy atom. The minimum atomic E-state index is -4.61. The van der Waals surface area contributed by atoms with Crippen LogP contribution >= 0.6 is 0 Å². The molecule has 3 aromatic rings. The highest BCUT2D eigenvalue weighted by Gasteiger charge is 2.29. The summed E-state index contributed by atoms with van der Waals surface area (Å²) in [6.45, 7) is -0.547. The number of hydrogen-bond donors (Lipinski definition) is 3. The first-order valence-corrected chi connectivity index (χ1v) is 12.8. The van der Waals surface area contributed by atoms with E-state index in [9.17, 15) is 27.6 Å². The molecule has 1 saturated heterocycles. The third-order valence-electron chi connectivity index (χ3n) is 6.29. The van der Waals surface area contributed by atoms with Crippen LogP contribution in [0.15, 0.2) is 78.9 Å². The molecule has 1 fully saturated rings. The lowest BCUT2D eigenvalue weighted by atomic mass is 10.1. The molecule has 0 unspecified atom stereocenters. The number of carbonyl (C=O) groups excluding carboxylic acids is 3. The fourth-order valence-corrected chi connectivity index (χ4v) is 4.21. The number of nitrogens with one attached hydrogen (secondary N) is 3. The molecule has 0 radical (unpaired) electrons. The molecule has 1 heterocycles. The lowest BCUT2D eigenvalue weighted by molar-refractivity contribution is -0.123. The average Bonchev–Trinajstić information content (AvgIpc) is 2.95. The first-order chi connectivity index (χ1) is 19.2. The summed E-state index contributed by atoms with van der Waals surface area (Å²) in [5.41, 5.74) is 0.736. The van der Waals surface area contributed by atoms with E-state index < -0.39 is 30.6 Å². The minimum Gasteiger partial charge on any atom is -0.490 e. The van der Waals surface area contributed by atoms with Crippen LogP contribution in [-0.4, -0.2) is 54.7 Å². The Hall–Kier alpha value is -4.54. The SMILES string of the molecule is O=C(NCc1ccccc1)c1ccc(C(=O)NCC(F)(F)F)c(NC(=O)N2CCC(Oc3ccccc3)CC2)c1. The number of alkyl halides is 3. The number of nitrogens with zero attached hydrogens (tertiary/aromatic N) is 1. The van der Waals surface area contributed by atoms with Crippen molar-refractivity contribution >= 4 is 23.5 Å². The highest BCUT2D eigenvalue weighted by Crippen LogP contribution is 2.23. The summed E-state index contributed by atoms with van der Waals surface area (Å²) in [5, 5.41) is 7.18. The van der Waals surface area contributed by atoms with E-state index in [0.29, 0.717) is 25.9 Å². The average molecular weight is 555 g/mol. The molecule has 1 aliphatic heterocycles. The van der Waals surface area contributed by atoms with Crippen molar-refractivity contribution in [2.45, 2.75) is 31.7 Å². The van der Waals surface area contributed by atoms with Crippen molar-refractivity contribution in [3.8, 4) is 5.75 Å². The van der Waals surface area contributed by atoms with Gasteiger partial charge in [0.25, 0.3) is 11.8 Å². The molecule has 0 aliphatic carbocycles. The Bertz CT molecular complexity index is 1310. The van der Waals surface area contributed by atoms with Crippen molar-refractivity contribution in [3.05, 3.63) is 95.6 Å². The number of para-hydroxylation sites is 1. The highest BCUT2D eigenvalue weighted by molar-refractivity contribution is 6.06. The maximum absolute atomic E-state index is 13.1. The number of benzene rings is 3. The van der Waals surface area contributed by atoms with Gasteiger partial charge in [-0.05, 0) is 35.9 Å². The maximum atomic E-state index is 13.1. The number of likely N-dealkylation sites (tertiary alicyclic amines) is 1. The van der Waals surface area contributed by atoms with Gasteiger partial charge in [-0.1, -0.05) is 48.5 Å². The van der Waals surface area contributed by atoms with E-state index in [2.05, 4.69) is 10.6 Å². The second-order valence-electron chi connectivity index (χ2n) is 9.27. The van der Waals surface area contributed by atoms with E-state index in [4.69, 9.17) is 4.74 Å². The van der Waals surface area contributed by atoms with Gasteiger partial charge in [-0.3, -0.25) is 9.59 Å². The summed E-state index contributed by atoms with van der Waals surface area (Å²) in [5.74, 6) is -0.762. The van der Waals surface area contributed by atoms with Gasteiger partial charge in [0, 0.05) is 38.0 Å². The molecule has 0 atom stereocenters. The molecule has 0 aromatic heterocycles. The van der Waals surface area contributed by atoms with Crippen molar-refractivity contribution in [1.82, 2.24) is 15.5 Å². The van der Waals surface area contributed by atoms with E-state index in [1.807, 2.05) is 66.0 Å². The monoisotopic (exact) mass is 554 g/mol. The highest BCUT2D eigenvalue weighted by atomic mass is 19.4. The lowest BCUT2D eigenvalue weighted by Gasteiger charge is -2.32. The van der Waals surface area contributed by atoms with Crippen LogP contribution in [0.4, 0.5) is 23.7 Å². The Kier molecular flexibility index (Phi) is 9.26. The van der Waals surface area contributed by atoms with Gasteiger partial charge in [0.05, 0.1) is 11.3 Å². The van der Waals surface area contributed by atoms with Crippen molar-refractivity contribution < 1.29 is 32.3 Å². The predicted octanol–water partition coefficient (Wildman–Crippen LogP) is 4.98. The van der Waals surface area contributed by atoms with Gasteiger partial charge in [0.15, 0.2) is 0 Å². The molecule has 1 aliphatic rings. The topological polar surface area (TPSA) is 99.8 Å². The van der Waals surface area contributed by atoms with E-state index >= 15 is 0 Å². The van der Waals surface area contributed by atoms with Crippen LogP contribution < -0.4 is 20.7 Å². The van der Waals surface area contributed by atoms with Gasteiger partial charge in [0.2, 0.25) is 0 Å². The van der Waals surface area contributed by atoms with Crippen molar-refractivity contribution in [2.24, 2.45) is 0 Å².